The number of anilines is 2. The second-order valence-corrected chi connectivity index (χ2v) is 7.67. The van der Waals surface area contributed by atoms with Crippen molar-refractivity contribution in [1.82, 2.24) is 9.88 Å². The van der Waals surface area contributed by atoms with Crippen LogP contribution in [0.5, 0.6) is 0 Å². The quantitative estimate of drug-likeness (QED) is 0.701. The number of carbonyl (C=O) groups excluding carboxylic acids is 2. The predicted octanol–water partition coefficient (Wildman–Crippen LogP) is 3.99. The van der Waals surface area contributed by atoms with Crippen molar-refractivity contribution in [2.75, 3.05) is 36.4 Å². The lowest BCUT2D eigenvalue weighted by molar-refractivity contribution is 0.0767. The number of carbonyl (C=O) groups is 2. The Morgan fingerprint density at radius 3 is 2.39 bits per heavy atom. The lowest BCUT2D eigenvalue weighted by atomic mass is 10.1. The molecule has 0 unspecified atom stereocenters. The van der Waals surface area contributed by atoms with E-state index in [0.717, 1.165) is 43.0 Å². The highest BCUT2D eigenvalue weighted by Gasteiger charge is 2.21. The van der Waals surface area contributed by atoms with Gasteiger partial charge in [-0.25, -0.2) is 4.98 Å². The number of pyridine rings is 1. The first-order valence-corrected chi connectivity index (χ1v) is 10.5. The number of hydrogen-bond donors (Lipinski definition) is 1. The monoisotopic (exact) mass is 414 g/mol. The number of aryl methyl sites for hydroxylation is 1. The number of hydrogen-bond acceptors (Lipinski definition) is 4. The maximum absolute atomic E-state index is 12.7. The largest absolute Gasteiger partial charge is 0.355 e. The third-order valence-corrected chi connectivity index (χ3v) is 5.52. The highest BCUT2D eigenvalue weighted by atomic mass is 16.2. The van der Waals surface area contributed by atoms with Crippen LogP contribution in [0.15, 0.2) is 72.9 Å². The van der Waals surface area contributed by atoms with Gasteiger partial charge in [-0.05, 0) is 49.2 Å². The fourth-order valence-corrected chi connectivity index (χ4v) is 3.79. The summed E-state index contributed by atoms with van der Waals surface area (Å²) in [6.45, 7) is 4.86. The Balaban J connectivity index is 1.37. The van der Waals surface area contributed by atoms with Gasteiger partial charge in [0.2, 0.25) is 0 Å². The smallest absolute Gasteiger partial charge is 0.255 e. The minimum Gasteiger partial charge on any atom is -0.355 e. The molecule has 1 aliphatic rings. The molecule has 3 aromatic rings. The molecule has 31 heavy (non-hydrogen) atoms. The molecule has 2 aromatic carbocycles. The molecule has 158 valence electrons. The molecule has 1 aromatic heterocycles. The molecule has 4 rings (SSSR count). The Hall–Kier alpha value is -3.67. The molecule has 0 saturated carbocycles. The van der Waals surface area contributed by atoms with Crippen molar-refractivity contribution < 1.29 is 9.59 Å². The first-order valence-electron chi connectivity index (χ1n) is 10.5. The Bertz CT molecular complexity index is 1050. The van der Waals surface area contributed by atoms with E-state index in [4.69, 9.17) is 0 Å². The number of nitrogens with one attached hydrogen (secondary N) is 1. The number of aromatic nitrogens is 1. The summed E-state index contributed by atoms with van der Waals surface area (Å²) in [4.78, 5) is 33.9. The van der Waals surface area contributed by atoms with Crippen LogP contribution in [-0.2, 0) is 0 Å². The van der Waals surface area contributed by atoms with Gasteiger partial charge in [-0.15, -0.1) is 0 Å². The van der Waals surface area contributed by atoms with E-state index >= 15 is 0 Å². The molecular formula is C25H26N4O2. The van der Waals surface area contributed by atoms with Crippen LogP contribution in [0.25, 0.3) is 0 Å². The molecule has 6 nitrogen and oxygen atoms in total. The number of amides is 2. The summed E-state index contributed by atoms with van der Waals surface area (Å²) in [6, 6.07) is 20.7. The second-order valence-electron chi connectivity index (χ2n) is 7.67. The van der Waals surface area contributed by atoms with Gasteiger partial charge in [0.05, 0.1) is 11.9 Å². The van der Waals surface area contributed by atoms with Gasteiger partial charge in [0.15, 0.2) is 0 Å². The van der Waals surface area contributed by atoms with E-state index in [1.54, 1.807) is 6.20 Å². The fourth-order valence-electron chi connectivity index (χ4n) is 3.79. The van der Waals surface area contributed by atoms with Crippen LogP contribution in [0.1, 0.15) is 32.7 Å². The van der Waals surface area contributed by atoms with E-state index in [0.29, 0.717) is 17.8 Å². The van der Waals surface area contributed by atoms with Crippen molar-refractivity contribution >= 4 is 23.3 Å². The SMILES string of the molecule is Cc1ccccc1C(=O)Nc1ccc(N2CCCN(C(=O)c3ccccc3)CC2)nc1. The van der Waals surface area contributed by atoms with Gasteiger partial charge in [-0.2, -0.15) is 0 Å². The molecule has 1 N–H and O–H groups in total. The highest BCUT2D eigenvalue weighted by molar-refractivity contribution is 6.05. The fraction of sp³-hybridized carbons (Fsp3) is 0.240. The van der Waals surface area contributed by atoms with Crippen LogP contribution in [0.3, 0.4) is 0 Å². The molecule has 0 spiro atoms. The molecular weight excluding hydrogens is 388 g/mol. The van der Waals surface area contributed by atoms with Crippen molar-refractivity contribution in [3.05, 3.63) is 89.6 Å². The average molecular weight is 415 g/mol. The molecule has 1 aliphatic heterocycles. The van der Waals surface area contributed by atoms with E-state index in [-0.39, 0.29) is 11.8 Å². The van der Waals surface area contributed by atoms with Gasteiger partial charge in [0.25, 0.3) is 11.8 Å². The third-order valence-electron chi connectivity index (χ3n) is 5.52. The van der Waals surface area contributed by atoms with Crippen LogP contribution in [0, 0.1) is 6.92 Å². The summed E-state index contributed by atoms with van der Waals surface area (Å²) >= 11 is 0. The standard InChI is InChI=1S/C25H26N4O2/c1-19-8-5-6-11-22(19)24(30)27-21-12-13-23(26-18-21)28-14-7-15-29(17-16-28)25(31)20-9-3-2-4-10-20/h2-6,8-13,18H,7,14-17H2,1H3,(H,27,30). The van der Waals surface area contributed by atoms with Gasteiger partial charge < -0.3 is 15.1 Å². The molecule has 2 amide bonds. The Morgan fingerprint density at radius 1 is 0.871 bits per heavy atom. The topological polar surface area (TPSA) is 65.5 Å². The molecule has 1 saturated heterocycles. The number of benzene rings is 2. The van der Waals surface area contributed by atoms with Crippen molar-refractivity contribution in [3.8, 4) is 0 Å². The zero-order valence-corrected chi connectivity index (χ0v) is 17.6. The molecule has 2 heterocycles. The van der Waals surface area contributed by atoms with Gasteiger partial charge in [-0.1, -0.05) is 36.4 Å². The van der Waals surface area contributed by atoms with Gasteiger partial charge >= 0.3 is 0 Å². The molecule has 0 radical (unpaired) electrons. The summed E-state index contributed by atoms with van der Waals surface area (Å²) < 4.78 is 0. The van der Waals surface area contributed by atoms with Crippen LogP contribution in [0.2, 0.25) is 0 Å². The van der Waals surface area contributed by atoms with Gasteiger partial charge in [0, 0.05) is 37.3 Å². The summed E-state index contributed by atoms with van der Waals surface area (Å²) in [5.41, 5.74) is 2.97. The van der Waals surface area contributed by atoms with Crippen LogP contribution < -0.4 is 10.2 Å². The molecule has 0 atom stereocenters. The maximum atomic E-state index is 12.7. The van der Waals surface area contributed by atoms with E-state index in [1.807, 2.05) is 78.6 Å². The minimum absolute atomic E-state index is 0.0738. The zero-order chi connectivity index (χ0) is 21.6. The van der Waals surface area contributed by atoms with Crippen LogP contribution in [-0.4, -0.2) is 47.9 Å². The number of rotatable bonds is 4. The van der Waals surface area contributed by atoms with Crippen molar-refractivity contribution in [3.63, 3.8) is 0 Å². The summed E-state index contributed by atoms with van der Waals surface area (Å²) in [7, 11) is 0. The molecule has 6 heteroatoms. The first-order chi connectivity index (χ1) is 15.1. The predicted molar refractivity (Wildman–Crippen MR) is 123 cm³/mol. The van der Waals surface area contributed by atoms with E-state index in [2.05, 4.69) is 15.2 Å². The summed E-state index contributed by atoms with van der Waals surface area (Å²) in [5, 5.41) is 2.91. The average Bonchev–Trinajstić information content (AvgIpc) is 3.06. The third kappa shape index (κ3) is 4.91. The Kier molecular flexibility index (Phi) is 6.26. The maximum Gasteiger partial charge on any atom is 0.255 e. The zero-order valence-electron chi connectivity index (χ0n) is 17.6. The minimum atomic E-state index is -0.141. The van der Waals surface area contributed by atoms with Gasteiger partial charge in [-0.3, -0.25) is 9.59 Å². The normalized spacial score (nSPS) is 14.1. The molecule has 0 bridgehead atoms. The molecule has 0 aliphatic carbocycles. The van der Waals surface area contributed by atoms with E-state index < -0.39 is 0 Å². The van der Waals surface area contributed by atoms with Crippen LogP contribution >= 0.6 is 0 Å². The first kappa shape index (κ1) is 20.6. The van der Waals surface area contributed by atoms with Crippen LogP contribution in [0.4, 0.5) is 11.5 Å². The lowest BCUT2D eigenvalue weighted by Crippen LogP contribution is -2.35. The van der Waals surface area contributed by atoms with Crippen molar-refractivity contribution in [2.45, 2.75) is 13.3 Å². The van der Waals surface area contributed by atoms with E-state index in [1.165, 1.54) is 0 Å². The van der Waals surface area contributed by atoms with Gasteiger partial charge in [0.1, 0.15) is 5.82 Å². The second kappa shape index (κ2) is 9.43. The number of nitrogens with zero attached hydrogens (tertiary/aromatic N) is 3. The Morgan fingerprint density at radius 2 is 1.65 bits per heavy atom. The summed E-state index contributed by atoms with van der Waals surface area (Å²) in [6.07, 6.45) is 2.56. The Labute approximate surface area is 182 Å². The lowest BCUT2D eigenvalue weighted by Gasteiger charge is -2.23. The highest BCUT2D eigenvalue weighted by Crippen LogP contribution is 2.18. The molecule has 1 fully saturated rings. The van der Waals surface area contributed by atoms with Crippen molar-refractivity contribution in [1.29, 1.82) is 0 Å². The van der Waals surface area contributed by atoms with Crippen molar-refractivity contribution in [2.24, 2.45) is 0 Å². The summed E-state index contributed by atoms with van der Waals surface area (Å²) in [5.74, 6) is 0.782. The van der Waals surface area contributed by atoms with E-state index in [9.17, 15) is 9.59 Å².